The van der Waals surface area contributed by atoms with E-state index in [-0.39, 0.29) is 11.9 Å². The summed E-state index contributed by atoms with van der Waals surface area (Å²) in [5.74, 6) is 0.829. The molecule has 0 radical (unpaired) electrons. The summed E-state index contributed by atoms with van der Waals surface area (Å²) in [5, 5.41) is 7.82. The van der Waals surface area contributed by atoms with Gasteiger partial charge in [0.15, 0.2) is 0 Å². The number of methoxy groups -OCH3 is 1. The minimum Gasteiger partial charge on any atom is -0.424 e. The molecule has 6 heteroatoms. The Labute approximate surface area is 123 Å². The minimum atomic E-state index is -0.214. The Morgan fingerprint density at radius 3 is 2.67 bits per heavy atom. The van der Waals surface area contributed by atoms with Gasteiger partial charge in [0.25, 0.3) is 0 Å². The maximum absolute atomic E-state index is 13.8. The van der Waals surface area contributed by atoms with E-state index >= 15 is 0 Å². The van der Waals surface area contributed by atoms with E-state index in [4.69, 9.17) is 9.15 Å². The number of aromatic nitrogens is 2. The lowest BCUT2D eigenvalue weighted by Crippen LogP contribution is -2.35. The Balaban J connectivity index is 2.13. The molecule has 114 valence electrons. The maximum Gasteiger partial charge on any atom is 0.230 e. The Morgan fingerprint density at radius 2 is 2.05 bits per heavy atom. The van der Waals surface area contributed by atoms with E-state index in [2.05, 4.69) is 15.1 Å². The molecule has 1 atom stereocenters. The molecule has 1 aromatic heterocycles. The highest BCUT2D eigenvalue weighted by atomic mass is 19.1. The molecule has 5 nitrogen and oxygen atoms in total. The van der Waals surface area contributed by atoms with Crippen molar-refractivity contribution in [1.82, 2.24) is 15.1 Å². The summed E-state index contributed by atoms with van der Waals surface area (Å²) in [4.78, 5) is 2.05. The summed E-state index contributed by atoms with van der Waals surface area (Å²) < 4.78 is 24.4. The largest absolute Gasteiger partial charge is 0.424 e. The summed E-state index contributed by atoms with van der Waals surface area (Å²) in [6, 6.07) is 6.85. The maximum atomic E-state index is 13.8. The molecule has 2 aromatic rings. The molecule has 0 aliphatic rings. The van der Waals surface area contributed by atoms with Gasteiger partial charge in [-0.25, -0.2) is 4.39 Å². The molecule has 1 unspecified atom stereocenters. The number of ether oxygens (including phenoxy) is 1. The first kappa shape index (κ1) is 15.6. The van der Waals surface area contributed by atoms with Crippen molar-refractivity contribution >= 4 is 0 Å². The van der Waals surface area contributed by atoms with Crippen LogP contribution in [0.2, 0.25) is 0 Å². The second-order valence-corrected chi connectivity index (χ2v) is 5.02. The van der Waals surface area contributed by atoms with Crippen LogP contribution in [0.5, 0.6) is 0 Å². The fourth-order valence-electron chi connectivity index (χ4n) is 2.13. The average Bonchev–Trinajstić information content (AvgIpc) is 2.86. The van der Waals surface area contributed by atoms with E-state index in [1.54, 1.807) is 26.2 Å². The summed E-state index contributed by atoms with van der Waals surface area (Å²) >= 11 is 0. The van der Waals surface area contributed by atoms with Crippen LogP contribution < -0.4 is 0 Å². The third-order valence-corrected chi connectivity index (χ3v) is 3.27. The quantitative estimate of drug-likeness (QED) is 0.785. The highest BCUT2D eigenvalue weighted by Gasteiger charge is 2.19. The standard InChI is InChI=1S/C15H20FN3O2/c1-11(10-20-3)19(9-15-18-17-12(2)21-15)8-13-6-4-5-7-14(13)16/h4-7,11H,8-10H2,1-3H3. The summed E-state index contributed by atoms with van der Waals surface area (Å²) in [6.07, 6.45) is 0. The van der Waals surface area contributed by atoms with E-state index in [0.717, 1.165) is 0 Å². The van der Waals surface area contributed by atoms with Crippen LogP contribution >= 0.6 is 0 Å². The molecule has 2 rings (SSSR count). The molecule has 0 aliphatic heterocycles. The molecule has 0 aliphatic carbocycles. The van der Waals surface area contributed by atoms with E-state index in [1.807, 2.05) is 13.0 Å². The van der Waals surface area contributed by atoms with E-state index < -0.39 is 0 Å². The van der Waals surface area contributed by atoms with Crippen LogP contribution in [0.15, 0.2) is 28.7 Å². The van der Waals surface area contributed by atoms with Gasteiger partial charge in [-0.05, 0) is 13.0 Å². The van der Waals surface area contributed by atoms with Gasteiger partial charge in [-0.3, -0.25) is 4.90 Å². The van der Waals surface area contributed by atoms with Crippen LogP contribution in [-0.4, -0.2) is 34.9 Å². The molecule has 0 spiro atoms. The number of halogens is 1. The predicted octanol–water partition coefficient (Wildman–Crippen LogP) is 2.55. The molecule has 1 heterocycles. The molecule has 0 bridgehead atoms. The van der Waals surface area contributed by atoms with Crippen LogP contribution in [0.3, 0.4) is 0 Å². The topological polar surface area (TPSA) is 51.4 Å². The number of nitrogens with zero attached hydrogens (tertiary/aromatic N) is 3. The van der Waals surface area contributed by atoms with Crippen LogP contribution in [0.1, 0.15) is 24.3 Å². The van der Waals surface area contributed by atoms with Gasteiger partial charge in [-0.1, -0.05) is 18.2 Å². The van der Waals surface area contributed by atoms with E-state index in [0.29, 0.717) is 37.0 Å². The monoisotopic (exact) mass is 293 g/mol. The van der Waals surface area contributed by atoms with Crippen LogP contribution in [0.4, 0.5) is 4.39 Å². The van der Waals surface area contributed by atoms with Gasteiger partial charge >= 0.3 is 0 Å². The van der Waals surface area contributed by atoms with Crippen molar-refractivity contribution in [3.63, 3.8) is 0 Å². The second kappa shape index (κ2) is 7.28. The number of hydrogen-bond donors (Lipinski definition) is 0. The van der Waals surface area contributed by atoms with Gasteiger partial charge < -0.3 is 9.15 Å². The van der Waals surface area contributed by atoms with Crippen LogP contribution in [0.25, 0.3) is 0 Å². The Morgan fingerprint density at radius 1 is 1.29 bits per heavy atom. The highest BCUT2D eigenvalue weighted by Crippen LogP contribution is 2.15. The zero-order chi connectivity index (χ0) is 15.2. The molecule has 1 aromatic carbocycles. The second-order valence-electron chi connectivity index (χ2n) is 5.02. The number of rotatable bonds is 7. The van der Waals surface area contributed by atoms with Gasteiger partial charge in [0.2, 0.25) is 11.8 Å². The minimum absolute atomic E-state index is 0.0989. The van der Waals surface area contributed by atoms with Gasteiger partial charge in [0, 0.05) is 32.2 Å². The molecule has 0 fully saturated rings. The van der Waals surface area contributed by atoms with E-state index in [9.17, 15) is 4.39 Å². The number of hydrogen-bond acceptors (Lipinski definition) is 5. The van der Waals surface area contributed by atoms with Crippen molar-refractivity contribution < 1.29 is 13.5 Å². The molecule has 0 amide bonds. The van der Waals surface area contributed by atoms with E-state index in [1.165, 1.54) is 6.07 Å². The third-order valence-electron chi connectivity index (χ3n) is 3.27. The first-order valence-corrected chi connectivity index (χ1v) is 6.85. The first-order valence-electron chi connectivity index (χ1n) is 6.85. The van der Waals surface area contributed by atoms with Crippen LogP contribution in [-0.2, 0) is 17.8 Å². The first-order chi connectivity index (χ1) is 10.1. The predicted molar refractivity (Wildman–Crippen MR) is 76.0 cm³/mol. The fraction of sp³-hybridized carbons (Fsp3) is 0.467. The van der Waals surface area contributed by atoms with Crippen molar-refractivity contribution in [2.75, 3.05) is 13.7 Å². The lowest BCUT2D eigenvalue weighted by molar-refractivity contribution is 0.0825. The van der Waals surface area contributed by atoms with Crippen molar-refractivity contribution in [3.05, 3.63) is 47.4 Å². The normalized spacial score (nSPS) is 12.8. The molecule has 0 saturated carbocycles. The number of benzene rings is 1. The van der Waals surface area contributed by atoms with Crippen LogP contribution in [0, 0.1) is 12.7 Å². The van der Waals surface area contributed by atoms with Gasteiger partial charge in [0.05, 0.1) is 13.2 Å². The molecule has 21 heavy (non-hydrogen) atoms. The molecular formula is C15H20FN3O2. The van der Waals surface area contributed by atoms with Crippen molar-refractivity contribution in [3.8, 4) is 0 Å². The average molecular weight is 293 g/mol. The van der Waals surface area contributed by atoms with Gasteiger partial charge in [0.1, 0.15) is 5.82 Å². The van der Waals surface area contributed by atoms with Crippen molar-refractivity contribution in [2.45, 2.75) is 33.0 Å². The lowest BCUT2D eigenvalue weighted by Gasteiger charge is -2.27. The zero-order valence-electron chi connectivity index (χ0n) is 12.5. The Bertz CT molecular complexity index is 574. The van der Waals surface area contributed by atoms with Gasteiger partial charge in [-0.15, -0.1) is 10.2 Å². The Kier molecular flexibility index (Phi) is 5.41. The Hall–Kier alpha value is -1.79. The summed E-state index contributed by atoms with van der Waals surface area (Å²) in [5.41, 5.74) is 0.636. The fourth-order valence-corrected chi connectivity index (χ4v) is 2.13. The molecule has 0 saturated heterocycles. The number of aryl methyl sites for hydroxylation is 1. The zero-order valence-corrected chi connectivity index (χ0v) is 12.5. The third kappa shape index (κ3) is 4.34. The SMILES string of the molecule is COCC(C)N(Cc1nnc(C)o1)Cc1ccccc1F. The van der Waals surface area contributed by atoms with Crippen molar-refractivity contribution in [1.29, 1.82) is 0 Å². The summed E-state index contributed by atoms with van der Waals surface area (Å²) in [7, 11) is 1.65. The lowest BCUT2D eigenvalue weighted by atomic mass is 10.1. The highest BCUT2D eigenvalue weighted by molar-refractivity contribution is 5.17. The summed E-state index contributed by atoms with van der Waals surface area (Å²) in [6.45, 7) is 5.23. The smallest absolute Gasteiger partial charge is 0.230 e. The molecular weight excluding hydrogens is 273 g/mol. The molecule has 0 N–H and O–H groups in total. The van der Waals surface area contributed by atoms with Gasteiger partial charge in [-0.2, -0.15) is 0 Å². The van der Waals surface area contributed by atoms with Crippen molar-refractivity contribution in [2.24, 2.45) is 0 Å².